The minimum atomic E-state index is 0.642. The van der Waals surface area contributed by atoms with Crippen molar-refractivity contribution in [1.29, 1.82) is 0 Å². The molecule has 13 heavy (non-hydrogen) atoms. The fourth-order valence-corrected chi connectivity index (χ4v) is 1.21. The molecule has 0 amide bonds. The zero-order valence-electron chi connectivity index (χ0n) is 7.31. The van der Waals surface area contributed by atoms with E-state index in [1.807, 2.05) is 25.1 Å². The first-order chi connectivity index (χ1) is 6.27. The number of nitrogens with zero attached hydrogens (tertiary/aromatic N) is 3. The lowest BCUT2D eigenvalue weighted by Gasteiger charge is -2.01. The Morgan fingerprint density at radius 2 is 2.00 bits per heavy atom. The fraction of sp³-hybridized carbons (Fsp3) is 0.111. The van der Waals surface area contributed by atoms with Crippen LogP contribution in [0.3, 0.4) is 0 Å². The lowest BCUT2D eigenvalue weighted by Crippen LogP contribution is -2.01. The normalized spacial score (nSPS) is 10.2. The molecule has 2 N–H and O–H groups in total. The average Bonchev–Trinajstić information content (AvgIpc) is 2.47. The first-order valence-electron chi connectivity index (χ1n) is 4.00. The first-order valence-corrected chi connectivity index (χ1v) is 4.00. The summed E-state index contributed by atoms with van der Waals surface area (Å²) in [5, 5.41) is 4.24. The van der Waals surface area contributed by atoms with Crippen molar-refractivity contribution < 1.29 is 0 Å². The fourth-order valence-electron chi connectivity index (χ4n) is 1.21. The monoisotopic (exact) mass is 174 g/mol. The van der Waals surface area contributed by atoms with Crippen LogP contribution in [-0.2, 0) is 0 Å². The summed E-state index contributed by atoms with van der Waals surface area (Å²) in [6.07, 6.45) is 3.43. The van der Waals surface area contributed by atoms with E-state index >= 15 is 0 Å². The molecule has 4 heteroatoms. The second-order valence-corrected chi connectivity index (χ2v) is 2.83. The maximum atomic E-state index is 5.75. The van der Waals surface area contributed by atoms with Crippen LogP contribution in [0, 0.1) is 6.92 Å². The summed E-state index contributed by atoms with van der Waals surface area (Å²) in [6, 6.07) is 5.56. The molecule has 0 aliphatic carbocycles. The Morgan fingerprint density at radius 1 is 1.31 bits per heavy atom. The van der Waals surface area contributed by atoms with Crippen LogP contribution in [0.4, 0.5) is 5.82 Å². The van der Waals surface area contributed by atoms with Gasteiger partial charge in [-0.1, -0.05) is 0 Å². The predicted octanol–water partition coefficient (Wildman–Crippen LogP) is 1.16. The summed E-state index contributed by atoms with van der Waals surface area (Å²) in [6.45, 7) is 1.91. The summed E-state index contributed by atoms with van der Waals surface area (Å²) in [4.78, 5) is 3.93. The SMILES string of the molecule is Cc1cc(N)n(-c2ccncc2)n1. The number of rotatable bonds is 1. The van der Waals surface area contributed by atoms with Gasteiger partial charge in [-0.05, 0) is 19.1 Å². The highest BCUT2D eigenvalue weighted by Gasteiger charge is 2.02. The van der Waals surface area contributed by atoms with E-state index in [9.17, 15) is 0 Å². The summed E-state index contributed by atoms with van der Waals surface area (Å²) in [5.74, 6) is 0.642. The van der Waals surface area contributed by atoms with Gasteiger partial charge in [-0.25, -0.2) is 4.68 Å². The number of pyridine rings is 1. The number of nitrogen functional groups attached to an aromatic ring is 1. The second kappa shape index (κ2) is 2.90. The third-order valence-electron chi connectivity index (χ3n) is 1.77. The van der Waals surface area contributed by atoms with Crippen LogP contribution in [0.15, 0.2) is 30.6 Å². The Morgan fingerprint density at radius 3 is 2.54 bits per heavy atom. The largest absolute Gasteiger partial charge is 0.384 e. The van der Waals surface area contributed by atoms with E-state index in [4.69, 9.17) is 5.73 Å². The molecule has 0 unspecified atom stereocenters. The molecule has 0 aliphatic rings. The number of hydrogen-bond acceptors (Lipinski definition) is 3. The highest BCUT2D eigenvalue weighted by Crippen LogP contribution is 2.12. The van der Waals surface area contributed by atoms with Crippen molar-refractivity contribution in [2.45, 2.75) is 6.92 Å². The molecule has 66 valence electrons. The van der Waals surface area contributed by atoms with Crippen LogP contribution >= 0.6 is 0 Å². The summed E-state index contributed by atoms with van der Waals surface area (Å²) >= 11 is 0. The van der Waals surface area contributed by atoms with E-state index in [1.54, 1.807) is 17.1 Å². The predicted molar refractivity (Wildman–Crippen MR) is 50.5 cm³/mol. The third-order valence-corrected chi connectivity index (χ3v) is 1.77. The van der Waals surface area contributed by atoms with Gasteiger partial charge in [-0.15, -0.1) is 0 Å². The maximum Gasteiger partial charge on any atom is 0.127 e. The minimum Gasteiger partial charge on any atom is -0.384 e. The summed E-state index contributed by atoms with van der Waals surface area (Å²) in [7, 11) is 0. The summed E-state index contributed by atoms with van der Waals surface area (Å²) < 4.78 is 1.69. The van der Waals surface area contributed by atoms with Crippen molar-refractivity contribution in [2.24, 2.45) is 0 Å². The molecule has 0 spiro atoms. The van der Waals surface area contributed by atoms with Crippen LogP contribution in [0.25, 0.3) is 5.69 Å². The van der Waals surface area contributed by atoms with Gasteiger partial charge in [0.15, 0.2) is 0 Å². The molecular formula is C9H10N4. The Hall–Kier alpha value is -1.84. The number of anilines is 1. The van der Waals surface area contributed by atoms with Gasteiger partial charge < -0.3 is 5.73 Å². The van der Waals surface area contributed by atoms with Crippen molar-refractivity contribution in [3.05, 3.63) is 36.3 Å². The number of aromatic nitrogens is 3. The van der Waals surface area contributed by atoms with Crippen LogP contribution in [0.2, 0.25) is 0 Å². The topological polar surface area (TPSA) is 56.7 Å². The van der Waals surface area contributed by atoms with E-state index in [-0.39, 0.29) is 0 Å². The van der Waals surface area contributed by atoms with E-state index in [0.717, 1.165) is 11.4 Å². The molecule has 2 aromatic rings. The van der Waals surface area contributed by atoms with Gasteiger partial charge in [-0.3, -0.25) is 4.98 Å². The van der Waals surface area contributed by atoms with Gasteiger partial charge in [0.25, 0.3) is 0 Å². The Kier molecular flexibility index (Phi) is 1.73. The van der Waals surface area contributed by atoms with E-state index in [2.05, 4.69) is 10.1 Å². The van der Waals surface area contributed by atoms with E-state index in [0.29, 0.717) is 5.82 Å². The zero-order chi connectivity index (χ0) is 9.26. The molecule has 0 radical (unpaired) electrons. The third kappa shape index (κ3) is 1.38. The Labute approximate surface area is 76.0 Å². The van der Waals surface area contributed by atoms with Crippen LogP contribution < -0.4 is 5.73 Å². The average molecular weight is 174 g/mol. The van der Waals surface area contributed by atoms with Gasteiger partial charge in [-0.2, -0.15) is 5.10 Å². The Bertz CT molecular complexity index is 405. The lowest BCUT2D eigenvalue weighted by molar-refractivity contribution is 0.869. The summed E-state index contributed by atoms with van der Waals surface area (Å²) in [5.41, 5.74) is 7.60. The molecule has 0 fully saturated rings. The smallest absolute Gasteiger partial charge is 0.127 e. The first kappa shape index (κ1) is 7.79. The maximum absolute atomic E-state index is 5.75. The van der Waals surface area contributed by atoms with Crippen molar-refractivity contribution in [2.75, 3.05) is 5.73 Å². The van der Waals surface area contributed by atoms with Gasteiger partial charge in [0.05, 0.1) is 11.4 Å². The minimum absolute atomic E-state index is 0.642. The highest BCUT2D eigenvalue weighted by atomic mass is 15.3. The van der Waals surface area contributed by atoms with E-state index < -0.39 is 0 Å². The van der Waals surface area contributed by atoms with E-state index in [1.165, 1.54) is 0 Å². The van der Waals surface area contributed by atoms with Crippen molar-refractivity contribution in [3.8, 4) is 5.69 Å². The zero-order valence-corrected chi connectivity index (χ0v) is 7.31. The molecule has 4 nitrogen and oxygen atoms in total. The number of hydrogen-bond donors (Lipinski definition) is 1. The second-order valence-electron chi connectivity index (χ2n) is 2.83. The molecule has 0 aliphatic heterocycles. The van der Waals surface area contributed by atoms with Crippen molar-refractivity contribution in [1.82, 2.24) is 14.8 Å². The standard InChI is InChI=1S/C9H10N4/c1-7-6-9(10)13(12-7)8-2-4-11-5-3-8/h2-6H,10H2,1H3. The molecule has 2 heterocycles. The molecule has 0 saturated heterocycles. The van der Waals surface area contributed by atoms with Gasteiger partial charge in [0.2, 0.25) is 0 Å². The van der Waals surface area contributed by atoms with Crippen molar-refractivity contribution >= 4 is 5.82 Å². The molecule has 0 bridgehead atoms. The number of aryl methyl sites for hydroxylation is 1. The lowest BCUT2D eigenvalue weighted by atomic mass is 10.4. The Balaban J connectivity index is 2.53. The van der Waals surface area contributed by atoms with Gasteiger partial charge in [0.1, 0.15) is 5.82 Å². The van der Waals surface area contributed by atoms with Crippen LogP contribution in [0.1, 0.15) is 5.69 Å². The molecule has 0 atom stereocenters. The number of nitrogens with two attached hydrogens (primary N) is 1. The molecule has 0 saturated carbocycles. The molecule has 2 rings (SSSR count). The van der Waals surface area contributed by atoms with Gasteiger partial charge in [0, 0.05) is 18.5 Å². The van der Waals surface area contributed by atoms with Crippen LogP contribution in [-0.4, -0.2) is 14.8 Å². The van der Waals surface area contributed by atoms with Crippen LogP contribution in [0.5, 0.6) is 0 Å². The van der Waals surface area contributed by atoms with Crippen molar-refractivity contribution in [3.63, 3.8) is 0 Å². The highest BCUT2D eigenvalue weighted by molar-refractivity contribution is 5.41. The molecular weight excluding hydrogens is 164 g/mol. The molecule has 2 aromatic heterocycles. The quantitative estimate of drug-likeness (QED) is 0.705. The molecule has 0 aromatic carbocycles. The van der Waals surface area contributed by atoms with Gasteiger partial charge >= 0.3 is 0 Å².